The minimum absolute atomic E-state index is 0.0407. The van der Waals surface area contributed by atoms with Gasteiger partial charge in [-0.3, -0.25) is 29.5 Å². The second kappa shape index (κ2) is 8.55. The van der Waals surface area contributed by atoms with Gasteiger partial charge in [0.1, 0.15) is 16.8 Å². The molecule has 1 saturated heterocycles. The molecule has 182 valence electrons. The van der Waals surface area contributed by atoms with E-state index in [0.717, 1.165) is 11.6 Å². The summed E-state index contributed by atoms with van der Waals surface area (Å²) >= 11 is 0. The van der Waals surface area contributed by atoms with Gasteiger partial charge in [-0.25, -0.2) is 9.18 Å². The van der Waals surface area contributed by atoms with Gasteiger partial charge in [-0.05, 0) is 11.6 Å². The molecule has 1 fully saturated rings. The minimum atomic E-state index is -1.38. The lowest BCUT2D eigenvalue weighted by atomic mass is 10.1. The summed E-state index contributed by atoms with van der Waals surface area (Å²) < 4.78 is 22.7. The first-order valence-corrected chi connectivity index (χ1v) is 10.9. The number of piperazine rings is 1. The summed E-state index contributed by atoms with van der Waals surface area (Å²) in [6, 6.07) is 7.50. The van der Waals surface area contributed by atoms with Gasteiger partial charge in [-0.2, -0.15) is 0 Å². The monoisotopic (exact) mass is 483 g/mol. The second-order valence-electron chi connectivity index (χ2n) is 8.57. The number of hydrogen-bond acceptors (Lipinski definition) is 8. The molecule has 2 aromatic carbocycles. The van der Waals surface area contributed by atoms with Gasteiger partial charge in [-0.15, -0.1) is 0 Å². The number of anilines is 1. The first-order valence-electron chi connectivity index (χ1n) is 10.9. The number of non-ortho nitro benzene ring substituents is 1. The van der Waals surface area contributed by atoms with Crippen LogP contribution < -0.4 is 20.1 Å². The summed E-state index contributed by atoms with van der Waals surface area (Å²) in [5.74, 6) is -1.81. The highest BCUT2D eigenvalue weighted by molar-refractivity contribution is 5.97. The lowest BCUT2D eigenvalue weighted by Gasteiger charge is -2.38. The van der Waals surface area contributed by atoms with Gasteiger partial charge in [0, 0.05) is 58.1 Å². The van der Waals surface area contributed by atoms with Gasteiger partial charge >= 0.3 is 5.97 Å². The van der Waals surface area contributed by atoms with Crippen molar-refractivity contribution in [2.45, 2.75) is 6.54 Å². The molecule has 0 atom stereocenters. The van der Waals surface area contributed by atoms with E-state index >= 15 is 4.39 Å². The highest BCUT2D eigenvalue weighted by Gasteiger charge is 2.30. The molecule has 0 bridgehead atoms. The van der Waals surface area contributed by atoms with Crippen LogP contribution in [-0.4, -0.2) is 65.5 Å². The fourth-order valence-corrected chi connectivity index (χ4v) is 4.58. The minimum Gasteiger partial charge on any atom is -0.477 e. The number of benzene rings is 2. The Labute approximate surface area is 198 Å². The fraction of sp³-hybridized carbons (Fsp3) is 0.304. The van der Waals surface area contributed by atoms with Crippen molar-refractivity contribution in [2.24, 2.45) is 0 Å². The number of aromatic nitrogens is 1. The number of nitro benzene ring substituents is 1. The molecule has 0 spiro atoms. The molecule has 12 heteroatoms. The van der Waals surface area contributed by atoms with Crippen molar-refractivity contribution in [3.63, 3.8) is 0 Å². The zero-order valence-electron chi connectivity index (χ0n) is 18.8. The quantitative estimate of drug-likeness (QED) is 0.429. The number of aromatic carboxylic acids is 1. The van der Waals surface area contributed by atoms with Crippen molar-refractivity contribution in [1.29, 1.82) is 0 Å². The smallest absolute Gasteiger partial charge is 0.341 e. The SMILES string of the molecule is CN1COc2c(N3CCN(Cc4ccc([N+](=O)[O-])cc4)CC3)c(F)cc3c(=O)c(C(=O)O)cn1c23. The van der Waals surface area contributed by atoms with E-state index in [0.29, 0.717) is 38.2 Å². The predicted octanol–water partition coefficient (Wildman–Crippen LogP) is 1.99. The number of carboxylic acids is 1. The van der Waals surface area contributed by atoms with E-state index in [2.05, 4.69) is 4.90 Å². The highest BCUT2D eigenvalue weighted by atomic mass is 19.1. The van der Waals surface area contributed by atoms with E-state index in [9.17, 15) is 24.8 Å². The van der Waals surface area contributed by atoms with Crippen LogP contribution >= 0.6 is 0 Å². The number of halogens is 1. The molecule has 3 heterocycles. The van der Waals surface area contributed by atoms with Crippen LogP contribution in [0.3, 0.4) is 0 Å². The molecule has 3 aromatic rings. The van der Waals surface area contributed by atoms with Gasteiger partial charge in [0.05, 0.1) is 10.3 Å². The molecule has 0 aliphatic carbocycles. The molecular formula is C23H22FN5O6. The number of rotatable bonds is 5. The van der Waals surface area contributed by atoms with Crippen molar-refractivity contribution in [1.82, 2.24) is 9.58 Å². The van der Waals surface area contributed by atoms with E-state index in [1.54, 1.807) is 24.2 Å². The molecule has 0 unspecified atom stereocenters. The standard InChI is InChI=1S/C23H22FN5O6/c1-25-13-35-22-19-16(21(30)17(23(31)32)12-28(19)25)10-18(24)20(22)27-8-6-26(7-9-27)11-14-2-4-15(5-3-14)29(33)34/h2-5,10,12H,6-9,11,13H2,1H3,(H,31,32). The topological polar surface area (TPSA) is 121 Å². The Kier molecular flexibility index (Phi) is 5.52. The Hall–Kier alpha value is -4.19. The van der Waals surface area contributed by atoms with E-state index < -0.39 is 27.7 Å². The third-order valence-electron chi connectivity index (χ3n) is 6.39. The molecule has 2 aliphatic heterocycles. The van der Waals surface area contributed by atoms with E-state index in [1.165, 1.54) is 23.0 Å². The molecule has 1 aromatic heterocycles. The molecule has 0 amide bonds. The largest absolute Gasteiger partial charge is 0.477 e. The average Bonchev–Trinajstić information content (AvgIpc) is 2.83. The first-order chi connectivity index (χ1) is 16.7. The molecule has 0 radical (unpaired) electrons. The zero-order valence-corrected chi connectivity index (χ0v) is 18.8. The molecule has 1 N–H and O–H groups in total. The maximum atomic E-state index is 15.4. The van der Waals surface area contributed by atoms with Crippen LogP contribution in [0.4, 0.5) is 15.8 Å². The zero-order chi connectivity index (χ0) is 24.9. The maximum Gasteiger partial charge on any atom is 0.341 e. The Morgan fingerprint density at radius 3 is 2.51 bits per heavy atom. The lowest BCUT2D eigenvalue weighted by Crippen LogP contribution is -2.47. The Bertz CT molecular complexity index is 1400. The summed E-state index contributed by atoms with van der Waals surface area (Å²) in [4.78, 5) is 38.7. The number of hydrogen-bond donors (Lipinski definition) is 1. The number of ether oxygens (including phenoxy) is 1. The van der Waals surface area contributed by atoms with Crippen molar-refractivity contribution in [2.75, 3.05) is 49.9 Å². The Morgan fingerprint density at radius 1 is 1.20 bits per heavy atom. The summed E-state index contributed by atoms with van der Waals surface area (Å²) in [5.41, 5.74) is 0.362. The highest BCUT2D eigenvalue weighted by Crippen LogP contribution is 2.40. The van der Waals surface area contributed by atoms with Crippen LogP contribution in [0.25, 0.3) is 10.9 Å². The Morgan fingerprint density at radius 2 is 1.89 bits per heavy atom. The molecular weight excluding hydrogens is 461 g/mol. The summed E-state index contributed by atoms with van der Waals surface area (Å²) in [6.45, 7) is 2.91. The van der Waals surface area contributed by atoms with Gasteiger partial charge in [0.15, 0.2) is 18.3 Å². The molecule has 11 nitrogen and oxygen atoms in total. The number of pyridine rings is 1. The average molecular weight is 483 g/mol. The predicted molar refractivity (Wildman–Crippen MR) is 125 cm³/mol. The third-order valence-corrected chi connectivity index (χ3v) is 6.39. The molecule has 5 rings (SSSR count). The molecule has 35 heavy (non-hydrogen) atoms. The summed E-state index contributed by atoms with van der Waals surface area (Å²) in [5, 5.41) is 21.8. The van der Waals surface area contributed by atoms with Crippen LogP contribution in [0.15, 0.2) is 41.3 Å². The second-order valence-corrected chi connectivity index (χ2v) is 8.57. The van der Waals surface area contributed by atoms with Crippen LogP contribution in [-0.2, 0) is 6.54 Å². The van der Waals surface area contributed by atoms with Crippen molar-refractivity contribution < 1.29 is 24.0 Å². The number of carboxylic acid groups (broad SMARTS) is 1. The first kappa shape index (κ1) is 22.6. The normalized spacial score (nSPS) is 15.8. The van der Waals surface area contributed by atoms with Gasteiger partial charge in [-0.1, -0.05) is 12.1 Å². The number of nitro groups is 1. The van der Waals surface area contributed by atoms with Gasteiger partial charge in [0.25, 0.3) is 5.69 Å². The Balaban J connectivity index is 1.43. The van der Waals surface area contributed by atoms with Crippen molar-refractivity contribution in [3.8, 4) is 5.75 Å². The molecule has 2 aliphatic rings. The summed E-state index contributed by atoms with van der Waals surface area (Å²) in [6.07, 6.45) is 1.24. The lowest BCUT2D eigenvalue weighted by molar-refractivity contribution is -0.384. The number of nitrogens with zero attached hydrogens (tertiary/aromatic N) is 5. The van der Waals surface area contributed by atoms with Crippen LogP contribution in [0.2, 0.25) is 0 Å². The van der Waals surface area contributed by atoms with Crippen LogP contribution in [0.1, 0.15) is 15.9 Å². The van der Waals surface area contributed by atoms with E-state index in [-0.39, 0.29) is 29.2 Å². The number of carbonyl (C=O) groups is 1. The van der Waals surface area contributed by atoms with Crippen LogP contribution in [0.5, 0.6) is 5.75 Å². The molecule has 0 saturated carbocycles. The third kappa shape index (κ3) is 3.91. The van der Waals surface area contributed by atoms with E-state index in [1.807, 2.05) is 4.90 Å². The summed E-state index contributed by atoms with van der Waals surface area (Å²) in [7, 11) is 1.68. The van der Waals surface area contributed by atoms with Gasteiger partial charge < -0.3 is 14.7 Å². The van der Waals surface area contributed by atoms with Crippen LogP contribution in [0, 0.1) is 15.9 Å². The van der Waals surface area contributed by atoms with Crippen molar-refractivity contribution >= 4 is 28.2 Å². The van der Waals surface area contributed by atoms with E-state index in [4.69, 9.17) is 4.74 Å². The van der Waals surface area contributed by atoms with Gasteiger partial charge in [0.2, 0.25) is 5.43 Å². The fourth-order valence-electron chi connectivity index (χ4n) is 4.58. The van der Waals surface area contributed by atoms with Crippen molar-refractivity contribution in [3.05, 3.63) is 73.8 Å². The maximum absolute atomic E-state index is 15.4.